The predicted octanol–water partition coefficient (Wildman–Crippen LogP) is 11.5. The highest BCUT2D eigenvalue weighted by atomic mass is 16.7. The smallest absolute Gasteiger partial charge is 0.220 e. The van der Waals surface area contributed by atoms with Gasteiger partial charge in [-0.25, -0.2) is 0 Å². The maximum atomic E-state index is 13.3. The van der Waals surface area contributed by atoms with Crippen LogP contribution in [0.4, 0.5) is 0 Å². The number of aliphatic hydroxyl groups is 8. The van der Waals surface area contributed by atoms with Crippen LogP contribution in [-0.2, 0) is 23.7 Å². The summed E-state index contributed by atoms with van der Waals surface area (Å²) in [6.45, 7) is 2.69. The Hall–Kier alpha value is -2.57. The van der Waals surface area contributed by atoms with Gasteiger partial charge < -0.3 is 65.1 Å². The lowest BCUT2D eigenvalue weighted by Crippen LogP contribution is -2.65. The number of amides is 1. The van der Waals surface area contributed by atoms with Gasteiger partial charge in [0.1, 0.15) is 48.8 Å². The Balaban J connectivity index is 1.74. The average molecular weight is 1120 g/mol. The fraction of sp³-hybridized carbons (Fsp3) is 0.800. The summed E-state index contributed by atoms with van der Waals surface area (Å²) in [4.78, 5) is 13.3. The van der Waals surface area contributed by atoms with E-state index in [0.29, 0.717) is 6.42 Å². The summed E-state index contributed by atoms with van der Waals surface area (Å²) < 4.78 is 22.8. The Morgan fingerprint density at radius 2 is 0.873 bits per heavy atom. The molecule has 14 nitrogen and oxygen atoms in total. The predicted molar refractivity (Wildman–Crippen MR) is 318 cm³/mol. The minimum absolute atomic E-state index is 0.247. The molecule has 2 saturated heterocycles. The molecular formula is C65H115NO13. The minimum atomic E-state index is -1.79. The van der Waals surface area contributed by atoms with E-state index in [9.17, 15) is 45.6 Å². The molecule has 79 heavy (non-hydrogen) atoms. The largest absolute Gasteiger partial charge is 0.394 e. The van der Waals surface area contributed by atoms with Gasteiger partial charge in [-0.3, -0.25) is 4.79 Å². The third-order valence-electron chi connectivity index (χ3n) is 15.1. The summed E-state index contributed by atoms with van der Waals surface area (Å²) in [5.41, 5.74) is 0. The van der Waals surface area contributed by atoms with Crippen molar-refractivity contribution < 1.29 is 64.6 Å². The van der Waals surface area contributed by atoms with Crippen molar-refractivity contribution in [1.29, 1.82) is 0 Å². The van der Waals surface area contributed by atoms with Crippen LogP contribution in [0.3, 0.4) is 0 Å². The molecule has 2 rings (SSSR count). The Labute approximate surface area is 478 Å². The van der Waals surface area contributed by atoms with Gasteiger partial charge >= 0.3 is 0 Å². The third-order valence-corrected chi connectivity index (χ3v) is 15.1. The van der Waals surface area contributed by atoms with Crippen LogP contribution in [0.5, 0.6) is 0 Å². The van der Waals surface area contributed by atoms with Crippen molar-refractivity contribution in [2.45, 2.75) is 312 Å². The van der Waals surface area contributed by atoms with Crippen LogP contribution >= 0.6 is 0 Å². The van der Waals surface area contributed by atoms with Crippen molar-refractivity contribution in [2.75, 3.05) is 19.8 Å². The maximum absolute atomic E-state index is 13.3. The first-order chi connectivity index (χ1) is 38.6. The standard InChI is InChI=1S/C65H115NO13/c1-3-5-7-9-11-13-15-17-19-21-23-25-26-27-28-29-31-33-35-37-39-41-43-45-47-49-57(70)66-53(54(69)48-46-44-42-40-38-36-34-32-30-24-22-20-18-16-14-12-10-8-6-4-2)52-76-64-62(75)60(73)63(56(51-68)78-64)79-65-61(74)59(72)58(71)55(50-67)77-65/h5,7,11,13,17,19,23,25,27-28,46,48,53-56,58-65,67-69,71-75H,3-4,6,8-10,12,14-16,18,20-22,24,26,29-45,47,49-52H2,1-2H3,(H,66,70)/b7-5-,13-11-,19-17-,25-23-,28-27-,48-46+. The monoisotopic (exact) mass is 1120 g/mol. The maximum Gasteiger partial charge on any atom is 0.220 e. The van der Waals surface area contributed by atoms with Crippen LogP contribution in [0.25, 0.3) is 0 Å². The van der Waals surface area contributed by atoms with Crippen molar-refractivity contribution in [2.24, 2.45) is 0 Å². The molecule has 0 aliphatic carbocycles. The zero-order valence-corrected chi connectivity index (χ0v) is 49.3. The minimum Gasteiger partial charge on any atom is -0.394 e. The molecule has 0 aromatic heterocycles. The zero-order chi connectivity index (χ0) is 57.4. The fourth-order valence-electron chi connectivity index (χ4n) is 10.1. The second-order valence-electron chi connectivity index (χ2n) is 22.2. The molecule has 12 atom stereocenters. The lowest BCUT2D eigenvalue weighted by atomic mass is 9.97. The molecule has 0 aromatic rings. The molecule has 2 heterocycles. The van der Waals surface area contributed by atoms with E-state index >= 15 is 0 Å². The quantitative estimate of drug-likeness (QED) is 0.0204. The normalized spacial score (nSPS) is 24.9. The van der Waals surface area contributed by atoms with Crippen LogP contribution < -0.4 is 5.32 Å². The lowest BCUT2D eigenvalue weighted by molar-refractivity contribution is -0.359. The molecule has 458 valence electrons. The Bertz CT molecular complexity index is 1600. The van der Waals surface area contributed by atoms with Crippen molar-refractivity contribution in [3.63, 3.8) is 0 Å². The van der Waals surface area contributed by atoms with Gasteiger partial charge in [-0.2, -0.15) is 0 Å². The van der Waals surface area contributed by atoms with Crippen LogP contribution in [0.1, 0.15) is 239 Å². The van der Waals surface area contributed by atoms with Gasteiger partial charge in [-0.15, -0.1) is 0 Å². The van der Waals surface area contributed by atoms with Crippen molar-refractivity contribution >= 4 is 5.91 Å². The first kappa shape index (κ1) is 72.5. The van der Waals surface area contributed by atoms with Crippen LogP contribution in [0.2, 0.25) is 0 Å². The number of unbranched alkanes of at least 4 members (excludes halogenated alkanes) is 27. The summed E-state index contributed by atoms with van der Waals surface area (Å²) in [5.74, 6) is -0.247. The highest BCUT2D eigenvalue weighted by Gasteiger charge is 2.51. The number of nitrogens with one attached hydrogen (secondary N) is 1. The zero-order valence-electron chi connectivity index (χ0n) is 49.3. The van der Waals surface area contributed by atoms with E-state index in [1.807, 2.05) is 6.08 Å². The van der Waals surface area contributed by atoms with Crippen LogP contribution in [0, 0.1) is 0 Å². The molecule has 0 bridgehead atoms. The summed E-state index contributed by atoms with van der Waals surface area (Å²) >= 11 is 0. The summed E-state index contributed by atoms with van der Waals surface area (Å²) in [7, 11) is 0. The van der Waals surface area contributed by atoms with Crippen LogP contribution in [-0.4, -0.2) is 140 Å². The SMILES string of the molecule is CC/C=C\C/C=C\C/C=C\C/C=C\C/C=C\CCCCCCCCCCCC(=O)NC(COC1OC(CO)C(OC2OC(CO)C(O)C(O)C2O)C(O)C1O)C(O)/C=C/CCCCCCCCCCCCCCCCCCCC. The van der Waals surface area contributed by atoms with Crippen molar-refractivity contribution in [3.05, 3.63) is 72.9 Å². The van der Waals surface area contributed by atoms with Gasteiger partial charge in [0.2, 0.25) is 5.91 Å². The number of hydrogen-bond donors (Lipinski definition) is 9. The van der Waals surface area contributed by atoms with Gasteiger partial charge in [-0.05, 0) is 64.2 Å². The Kier molecular flexibility index (Phi) is 45.9. The molecule has 2 aliphatic heterocycles. The molecule has 2 fully saturated rings. The highest BCUT2D eigenvalue weighted by molar-refractivity contribution is 5.76. The second kappa shape index (κ2) is 50.0. The molecule has 1 amide bonds. The number of rotatable bonds is 50. The van der Waals surface area contributed by atoms with Gasteiger partial charge in [-0.1, -0.05) is 241 Å². The van der Waals surface area contributed by atoms with E-state index in [1.54, 1.807) is 6.08 Å². The molecule has 2 aliphatic rings. The number of aliphatic hydroxyl groups excluding tert-OH is 8. The first-order valence-electron chi connectivity index (χ1n) is 31.7. The van der Waals surface area contributed by atoms with Gasteiger partial charge in [0.15, 0.2) is 12.6 Å². The fourth-order valence-corrected chi connectivity index (χ4v) is 10.1. The Morgan fingerprint density at radius 1 is 0.468 bits per heavy atom. The number of carbonyl (C=O) groups is 1. The molecule has 0 spiro atoms. The number of allylic oxidation sites excluding steroid dienone is 11. The molecule has 12 unspecified atom stereocenters. The van der Waals surface area contributed by atoms with E-state index < -0.39 is 86.8 Å². The lowest BCUT2D eigenvalue weighted by Gasteiger charge is -2.46. The summed E-state index contributed by atoms with van der Waals surface area (Å²) in [5, 5.41) is 87.3. The molecule has 0 radical (unpaired) electrons. The molecule has 0 aromatic carbocycles. The van der Waals surface area contributed by atoms with Crippen LogP contribution in [0.15, 0.2) is 72.9 Å². The highest BCUT2D eigenvalue weighted by Crippen LogP contribution is 2.30. The van der Waals surface area contributed by atoms with E-state index in [1.165, 1.54) is 135 Å². The van der Waals surface area contributed by atoms with E-state index in [0.717, 1.165) is 77.0 Å². The van der Waals surface area contributed by atoms with E-state index in [2.05, 4.69) is 79.9 Å². The molecule has 14 heteroatoms. The summed E-state index contributed by atoms with van der Waals surface area (Å²) in [6, 6.07) is -0.923. The van der Waals surface area contributed by atoms with Crippen molar-refractivity contribution in [1.82, 2.24) is 5.32 Å². The van der Waals surface area contributed by atoms with Crippen molar-refractivity contribution in [3.8, 4) is 0 Å². The number of ether oxygens (including phenoxy) is 4. The molecule has 0 saturated carbocycles. The molecule has 9 N–H and O–H groups in total. The van der Waals surface area contributed by atoms with Gasteiger partial charge in [0, 0.05) is 6.42 Å². The summed E-state index contributed by atoms with van der Waals surface area (Å²) in [6.07, 6.45) is 49.3. The average Bonchev–Trinajstić information content (AvgIpc) is 3.47. The Morgan fingerprint density at radius 3 is 1.34 bits per heavy atom. The number of hydrogen-bond acceptors (Lipinski definition) is 13. The van der Waals surface area contributed by atoms with E-state index in [4.69, 9.17) is 18.9 Å². The van der Waals surface area contributed by atoms with Gasteiger partial charge in [0.25, 0.3) is 0 Å². The molecular weight excluding hydrogens is 1000 g/mol. The topological polar surface area (TPSA) is 228 Å². The number of carbonyl (C=O) groups excluding carboxylic acids is 1. The van der Waals surface area contributed by atoms with E-state index in [-0.39, 0.29) is 18.9 Å². The second-order valence-corrected chi connectivity index (χ2v) is 22.2. The third kappa shape index (κ3) is 35.2. The first-order valence-corrected chi connectivity index (χ1v) is 31.7. The van der Waals surface area contributed by atoms with Gasteiger partial charge in [0.05, 0.1) is 32.0 Å².